The van der Waals surface area contributed by atoms with Crippen molar-refractivity contribution in [3.05, 3.63) is 53.4 Å². The number of nitrogens with zero attached hydrogens (tertiary/aromatic N) is 3. The molecule has 0 saturated heterocycles. The fraction of sp³-hybridized carbons (Fsp3) is 0.357. The molecule has 0 spiro atoms. The lowest BCUT2D eigenvalue weighted by Gasteiger charge is -2.17. The van der Waals surface area contributed by atoms with Gasteiger partial charge in [-0.25, -0.2) is 0 Å². The van der Waals surface area contributed by atoms with E-state index in [4.69, 9.17) is 0 Å². The van der Waals surface area contributed by atoms with Crippen molar-refractivity contribution in [2.24, 2.45) is 0 Å². The van der Waals surface area contributed by atoms with Gasteiger partial charge in [-0.05, 0) is 31.4 Å². The molecule has 92 valence electrons. The molecule has 0 fully saturated rings. The van der Waals surface area contributed by atoms with Crippen LogP contribution in [0.3, 0.4) is 0 Å². The van der Waals surface area contributed by atoms with E-state index in [-0.39, 0.29) is 5.92 Å². The van der Waals surface area contributed by atoms with Crippen LogP contribution in [0.1, 0.15) is 41.1 Å². The van der Waals surface area contributed by atoms with Crippen molar-refractivity contribution in [2.45, 2.75) is 31.8 Å². The Morgan fingerprint density at radius 2 is 2.17 bits per heavy atom. The monoisotopic (exact) mass is 241 g/mol. The molecule has 1 aliphatic carbocycles. The summed E-state index contributed by atoms with van der Waals surface area (Å²) >= 11 is 0. The highest BCUT2D eigenvalue weighted by Gasteiger charge is 2.31. The van der Waals surface area contributed by atoms with E-state index in [0.717, 1.165) is 24.2 Å². The van der Waals surface area contributed by atoms with Crippen LogP contribution < -0.4 is 0 Å². The minimum absolute atomic E-state index is 0.0400. The largest absolute Gasteiger partial charge is 0.386 e. The molecule has 0 saturated carbocycles. The van der Waals surface area contributed by atoms with Crippen LogP contribution in [0, 0.1) is 6.92 Å². The number of hydrogen-bond donors (Lipinski definition) is 1. The zero-order valence-electron chi connectivity index (χ0n) is 10.2. The first-order valence-corrected chi connectivity index (χ1v) is 6.16. The van der Waals surface area contributed by atoms with E-state index in [2.05, 4.69) is 21.0 Å². The average molecular weight is 241 g/mol. The zero-order valence-corrected chi connectivity index (χ0v) is 10.2. The zero-order chi connectivity index (χ0) is 12.5. The standard InChI is InChI=1S/C14H15N3O/c1-9-7-17-12(8-16-9)14(18)11-5-4-10-3-2-6-15-13(10)11/h2-3,6-8,11,14,18H,4-5H2,1H3. The quantitative estimate of drug-likeness (QED) is 0.873. The average Bonchev–Trinajstić information content (AvgIpc) is 2.82. The molecule has 1 aliphatic rings. The summed E-state index contributed by atoms with van der Waals surface area (Å²) in [7, 11) is 0. The van der Waals surface area contributed by atoms with Gasteiger partial charge in [0, 0.05) is 24.0 Å². The molecule has 2 heterocycles. The van der Waals surface area contributed by atoms with Gasteiger partial charge in [-0.15, -0.1) is 0 Å². The Kier molecular flexibility index (Phi) is 2.80. The summed E-state index contributed by atoms with van der Waals surface area (Å²) in [6, 6.07) is 4.02. The number of pyridine rings is 1. The predicted octanol–water partition coefficient (Wildman–Crippen LogP) is 1.94. The molecule has 0 bridgehead atoms. The fourth-order valence-electron chi connectivity index (χ4n) is 2.51. The number of aromatic nitrogens is 3. The van der Waals surface area contributed by atoms with Crippen molar-refractivity contribution in [2.75, 3.05) is 0 Å². The van der Waals surface area contributed by atoms with Gasteiger partial charge < -0.3 is 5.11 Å². The minimum Gasteiger partial charge on any atom is -0.386 e. The van der Waals surface area contributed by atoms with Crippen LogP contribution in [0.15, 0.2) is 30.7 Å². The van der Waals surface area contributed by atoms with Crippen LogP contribution in [-0.2, 0) is 6.42 Å². The Bertz CT molecular complexity index is 553. The first kappa shape index (κ1) is 11.3. The van der Waals surface area contributed by atoms with Gasteiger partial charge in [-0.3, -0.25) is 15.0 Å². The molecule has 0 aliphatic heterocycles. The van der Waals surface area contributed by atoms with Gasteiger partial charge >= 0.3 is 0 Å². The van der Waals surface area contributed by atoms with E-state index in [0.29, 0.717) is 5.69 Å². The summed E-state index contributed by atoms with van der Waals surface area (Å²) in [5.41, 5.74) is 3.73. The van der Waals surface area contributed by atoms with E-state index in [9.17, 15) is 5.11 Å². The number of rotatable bonds is 2. The molecule has 18 heavy (non-hydrogen) atoms. The van der Waals surface area contributed by atoms with Gasteiger partial charge in [-0.1, -0.05) is 6.07 Å². The van der Waals surface area contributed by atoms with E-state index in [1.54, 1.807) is 18.6 Å². The Balaban J connectivity index is 1.90. The van der Waals surface area contributed by atoms with Crippen LogP contribution in [0.2, 0.25) is 0 Å². The van der Waals surface area contributed by atoms with Crippen molar-refractivity contribution >= 4 is 0 Å². The molecule has 4 nitrogen and oxygen atoms in total. The van der Waals surface area contributed by atoms with Gasteiger partial charge in [0.15, 0.2) is 0 Å². The van der Waals surface area contributed by atoms with Crippen molar-refractivity contribution in [3.8, 4) is 0 Å². The molecule has 2 unspecified atom stereocenters. The Labute approximate surface area is 106 Å². The number of fused-ring (bicyclic) bond motifs is 1. The number of aliphatic hydroxyl groups excluding tert-OH is 1. The molecule has 2 aromatic rings. The normalized spacial score (nSPS) is 19.6. The van der Waals surface area contributed by atoms with E-state index in [1.807, 2.05) is 13.0 Å². The lowest BCUT2D eigenvalue weighted by molar-refractivity contribution is 0.138. The third-order valence-corrected chi connectivity index (χ3v) is 3.49. The second kappa shape index (κ2) is 4.46. The highest BCUT2D eigenvalue weighted by molar-refractivity contribution is 5.30. The summed E-state index contributed by atoms with van der Waals surface area (Å²) in [6.45, 7) is 1.88. The summed E-state index contributed by atoms with van der Waals surface area (Å²) in [6.07, 6.45) is 6.40. The molecule has 4 heteroatoms. The number of aryl methyl sites for hydroxylation is 2. The van der Waals surface area contributed by atoms with Crippen LogP contribution in [0.5, 0.6) is 0 Å². The lowest BCUT2D eigenvalue weighted by atomic mass is 9.97. The van der Waals surface area contributed by atoms with Gasteiger partial charge in [0.25, 0.3) is 0 Å². The minimum atomic E-state index is -0.616. The SMILES string of the molecule is Cc1cnc(C(O)C2CCc3cccnc32)cn1. The molecule has 2 atom stereocenters. The maximum atomic E-state index is 10.4. The van der Waals surface area contributed by atoms with Gasteiger partial charge in [0.2, 0.25) is 0 Å². The first-order chi connectivity index (χ1) is 8.75. The van der Waals surface area contributed by atoms with Crippen LogP contribution in [0.25, 0.3) is 0 Å². The van der Waals surface area contributed by atoms with Crippen molar-refractivity contribution in [1.82, 2.24) is 15.0 Å². The maximum Gasteiger partial charge on any atom is 0.106 e. The molecule has 1 N–H and O–H groups in total. The maximum absolute atomic E-state index is 10.4. The van der Waals surface area contributed by atoms with Gasteiger partial charge in [0.1, 0.15) is 6.10 Å². The van der Waals surface area contributed by atoms with E-state index in [1.165, 1.54) is 5.56 Å². The summed E-state index contributed by atoms with van der Waals surface area (Å²) in [5.74, 6) is 0.0400. The topological polar surface area (TPSA) is 58.9 Å². The van der Waals surface area contributed by atoms with Crippen molar-refractivity contribution < 1.29 is 5.11 Å². The molecular weight excluding hydrogens is 226 g/mol. The summed E-state index contributed by atoms with van der Waals surface area (Å²) < 4.78 is 0. The van der Waals surface area contributed by atoms with Crippen molar-refractivity contribution in [3.63, 3.8) is 0 Å². The highest BCUT2D eigenvalue weighted by Crippen LogP contribution is 2.39. The third kappa shape index (κ3) is 1.88. The van der Waals surface area contributed by atoms with E-state index >= 15 is 0 Å². The molecular formula is C14H15N3O. The number of hydrogen-bond acceptors (Lipinski definition) is 4. The van der Waals surface area contributed by atoms with Crippen LogP contribution in [-0.4, -0.2) is 20.1 Å². The molecule has 3 rings (SSSR count). The van der Waals surface area contributed by atoms with Crippen LogP contribution >= 0.6 is 0 Å². The number of aliphatic hydroxyl groups is 1. The molecule has 0 amide bonds. The first-order valence-electron chi connectivity index (χ1n) is 6.16. The van der Waals surface area contributed by atoms with Gasteiger partial charge in [0.05, 0.1) is 17.6 Å². The summed E-state index contributed by atoms with van der Waals surface area (Å²) in [5, 5.41) is 10.4. The molecule has 0 aromatic carbocycles. The second-order valence-corrected chi connectivity index (χ2v) is 4.72. The Morgan fingerprint density at radius 3 is 2.94 bits per heavy atom. The molecule has 2 aromatic heterocycles. The Hall–Kier alpha value is -1.81. The van der Waals surface area contributed by atoms with Gasteiger partial charge in [-0.2, -0.15) is 0 Å². The van der Waals surface area contributed by atoms with E-state index < -0.39 is 6.10 Å². The Morgan fingerprint density at radius 1 is 1.28 bits per heavy atom. The highest BCUT2D eigenvalue weighted by atomic mass is 16.3. The lowest BCUT2D eigenvalue weighted by Crippen LogP contribution is -2.11. The summed E-state index contributed by atoms with van der Waals surface area (Å²) in [4.78, 5) is 12.8. The fourth-order valence-corrected chi connectivity index (χ4v) is 2.51. The molecule has 0 radical (unpaired) electrons. The second-order valence-electron chi connectivity index (χ2n) is 4.72. The smallest absolute Gasteiger partial charge is 0.106 e. The third-order valence-electron chi connectivity index (χ3n) is 3.49. The predicted molar refractivity (Wildman–Crippen MR) is 67.0 cm³/mol. The van der Waals surface area contributed by atoms with Crippen molar-refractivity contribution in [1.29, 1.82) is 0 Å². The van der Waals surface area contributed by atoms with Crippen LogP contribution in [0.4, 0.5) is 0 Å².